The van der Waals surface area contributed by atoms with Crippen LogP contribution in [0, 0.1) is 6.92 Å². The minimum absolute atomic E-state index is 0.0813. The van der Waals surface area contributed by atoms with Crippen molar-refractivity contribution in [3.05, 3.63) is 59.2 Å². The number of rotatable bonds is 4. The summed E-state index contributed by atoms with van der Waals surface area (Å²) in [4.78, 5) is 14.9. The van der Waals surface area contributed by atoms with Gasteiger partial charge in [-0.25, -0.2) is 0 Å². The Morgan fingerprint density at radius 1 is 1.08 bits per heavy atom. The van der Waals surface area contributed by atoms with E-state index in [0.29, 0.717) is 11.5 Å². The third-order valence-electron chi connectivity index (χ3n) is 4.57. The molecule has 1 unspecified atom stereocenters. The van der Waals surface area contributed by atoms with Crippen LogP contribution in [0.5, 0.6) is 11.5 Å². The zero-order valence-corrected chi connectivity index (χ0v) is 14.4. The lowest BCUT2D eigenvalue weighted by atomic mass is 10.0. The molecule has 1 aliphatic heterocycles. The van der Waals surface area contributed by atoms with Gasteiger partial charge in [0, 0.05) is 12.1 Å². The van der Waals surface area contributed by atoms with Crippen molar-refractivity contribution in [2.24, 2.45) is 0 Å². The molecule has 0 aromatic heterocycles. The number of amides is 1. The van der Waals surface area contributed by atoms with Crippen LogP contribution in [0.1, 0.15) is 40.4 Å². The summed E-state index contributed by atoms with van der Waals surface area (Å²) >= 11 is 0. The molecular formula is C20H23NO3. The summed E-state index contributed by atoms with van der Waals surface area (Å²) in [7, 11) is 3.26. The number of methoxy groups -OCH3 is 2. The van der Waals surface area contributed by atoms with Crippen LogP contribution in [0.2, 0.25) is 0 Å². The first-order valence-electron chi connectivity index (χ1n) is 8.23. The second-order valence-corrected chi connectivity index (χ2v) is 6.14. The summed E-state index contributed by atoms with van der Waals surface area (Å²) in [5.41, 5.74) is 2.94. The average Bonchev–Trinajstić information content (AvgIpc) is 3.10. The second kappa shape index (κ2) is 6.95. The maximum absolute atomic E-state index is 12.9. The van der Waals surface area contributed by atoms with Gasteiger partial charge in [0.25, 0.3) is 5.91 Å². The fourth-order valence-corrected chi connectivity index (χ4v) is 3.36. The van der Waals surface area contributed by atoms with E-state index in [0.717, 1.165) is 36.1 Å². The Labute approximate surface area is 143 Å². The van der Waals surface area contributed by atoms with Crippen molar-refractivity contribution in [2.45, 2.75) is 25.8 Å². The molecule has 1 heterocycles. The number of aryl methyl sites for hydroxylation is 1. The van der Waals surface area contributed by atoms with Crippen LogP contribution in [-0.2, 0) is 0 Å². The van der Waals surface area contributed by atoms with Crippen molar-refractivity contribution in [3.63, 3.8) is 0 Å². The van der Waals surface area contributed by atoms with Crippen LogP contribution >= 0.6 is 0 Å². The predicted molar refractivity (Wildman–Crippen MR) is 93.7 cm³/mol. The maximum atomic E-state index is 12.9. The minimum atomic E-state index is 0.0813. The number of carbonyl (C=O) groups excluding carboxylic acids is 1. The Balaban J connectivity index is 1.89. The molecule has 2 aromatic carbocycles. The van der Waals surface area contributed by atoms with Crippen LogP contribution in [0.4, 0.5) is 0 Å². The van der Waals surface area contributed by atoms with Gasteiger partial charge in [-0.15, -0.1) is 0 Å². The monoisotopic (exact) mass is 325 g/mol. The van der Waals surface area contributed by atoms with Crippen molar-refractivity contribution < 1.29 is 14.3 Å². The maximum Gasteiger partial charge on any atom is 0.254 e. The van der Waals surface area contributed by atoms with Crippen molar-refractivity contribution >= 4 is 5.91 Å². The quantitative estimate of drug-likeness (QED) is 0.853. The Kier molecular flexibility index (Phi) is 4.74. The highest BCUT2D eigenvalue weighted by Crippen LogP contribution is 2.37. The topological polar surface area (TPSA) is 38.8 Å². The van der Waals surface area contributed by atoms with E-state index in [2.05, 4.69) is 0 Å². The van der Waals surface area contributed by atoms with Crippen LogP contribution in [0.25, 0.3) is 0 Å². The summed E-state index contributed by atoms with van der Waals surface area (Å²) in [6.45, 7) is 2.79. The van der Waals surface area contributed by atoms with E-state index in [9.17, 15) is 4.79 Å². The van der Waals surface area contributed by atoms with E-state index in [4.69, 9.17) is 9.47 Å². The first kappa shape index (κ1) is 16.4. The van der Waals surface area contributed by atoms with E-state index in [1.165, 1.54) is 0 Å². The first-order chi connectivity index (χ1) is 11.6. The first-order valence-corrected chi connectivity index (χ1v) is 8.23. The minimum Gasteiger partial charge on any atom is -0.493 e. The molecule has 126 valence electrons. The van der Waals surface area contributed by atoms with Gasteiger partial charge in [-0.1, -0.05) is 23.8 Å². The summed E-state index contributed by atoms with van der Waals surface area (Å²) in [6, 6.07) is 13.8. The third kappa shape index (κ3) is 3.09. The van der Waals surface area contributed by atoms with Gasteiger partial charge in [0.2, 0.25) is 0 Å². The van der Waals surface area contributed by atoms with Gasteiger partial charge in [0.1, 0.15) is 0 Å². The van der Waals surface area contributed by atoms with Gasteiger partial charge >= 0.3 is 0 Å². The van der Waals surface area contributed by atoms with Crippen LogP contribution in [0.15, 0.2) is 42.5 Å². The fourth-order valence-electron chi connectivity index (χ4n) is 3.36. The van der Waals surface area contributed by atoms with Crippen molar-refractivity contribution in [1.29, 1.82) is 0 Å². The molecular weight excluding hydrogens is 302 g/mol. The van der Waals surface area contributed by atoms with Crippen molar-refractivity contribution in [1.82, 2.24) is 4.90 Å². The van der Waals surface area contributed by atoms with Gasteiger partial charge in [0.05, 0.1) is 20.3 Å². The number of ether oxygens (including phenoxy) is 2. The third-order valence-corrected chi connectivity index (χ3v) is 4.57. The van der Waals surface area contributed by atoms with E-state index in [1.54, 1.807) is 14.2 Å². The average molecular weight is 325 g/mol. The summed E-state index contributed by atoms with van der Waals surface area (Å²) in [5.74, 6) is 1.50. The normalized spacial score (nSPS) is 17.0. The standard InChI is InChI=1S/C20H23NO3/c1-14-6-4-7-16(12-14)20(22)21-11-5-8-17(21)15-9-10-18(23-2)19(13-15)24-3/h4,6-7,9-10,12-13,17H,5,8,11H2,1-3H3. The molecule has 1 atom stereocenters. The number of hydrogen-bond acceptors (Lipinski definition) is 3. The number of benzene rings is 2. The van der Waals surface area contributed by atoms with Gasteiger partial charge in [0.15, 0.2) is 11.5 Å². The molecule has 0 saturated carbocycles. The highest BCUT2D eigenvalue weighted by molar-refractivity contribution is 5.94. The highest BCUT2D eigenvalue weighted by Gasteiger charge is 2.31. The molecule has 1 saturated heterocycles. The Morgan fingerprint density at radius 2 is 1.88 bits per heavy atom. The van der Waals surface area contributed by atoms with E-state index in [1.807, 2.05) is 54.3 Å². The molecule has 1 amide bonds. The Bertz CT molecular complexity index is 741. The summed E-state index contributed by atoms with van der Waals surface area (Å²) < 4.78 is 10.7. The largest absolute Gasteiger partial charge is 0.493 e. The second-order valence-electron chi connectivity index (χ2n) is 6.14. The molecule has 1 fully saturated rings. The van der Waals surface area contributed by atoms with Crippen LogP contribution < -0.4 is 9.47 Å². The number of likely N-dealkylation sites (tertiary alicyclic amines) is 1. The van der Waals surface area contributed by atoms with Gasteiger partial charge in [-0.2, -0.15) is 0 Å². The molecule has 0 bridgehead atoms. The lowest BCUT2D eigenvalue weighted by molar-refractivity contribution is 0.0735. The lowest BCUT2D eigenvalue weighted by Gasteiger charge is -2.26. The molecule has 4 nitrogen and oxygen atoms in total. The number of carbonyl (C=O) groups is 1. The zero-order chi connectivity index (χ0) is 17.1. The van der Waals surface area contributed by atoms with Crippen LogP contribution in [0.3, 0.4) is 0 Å². The van der Waals surface area contributed by atoms with Crippen LogP contribution in [-0.4, -0.2) is 31.6 Å². The number of hydrogen-bond donors (Lipinski definition) is 0. The SMILES string of the molecule is COc1ccc(C2CCCN2C(=O)c2cccc(C)c2)cc1OC. The molecule has 0 N–H and O–H groups in total. The van der Waals surface area contributed by atoms with Gasteiger partial charge in [-0.05, 0) is 49.6 Å². The highest BCUT2D eigenvalue weighted by atomic mass is 16.5. The molecule has 3 rings (SSSR count). The van der Waals surface area contributed by atoms with Crippen molar-refractivity contribution in [2.75, 3.05) is 20.8 Å². The molecule has 4 heteroatoms. The smallest absolute Gasteiger partial charge is 0.254 e. The van der Waals surface area contributed by atoms with E-state index in [-0.39, 0.29) is 11.9 Å². The number of nitrogens with zero attached hydrogens (tertiary/aromatic N) is 1. The molecule has 0 spiro atoms. The van der Waals surface area contributed by atoms with Gasteiger partial charge in [-0.3, -0.25) is 4.79 Å². The summed E-state index contributed by atoms with van der Waals surface area (Å²) in [5, 5.41) is 0. The molecule has 2 aromatic rings. The van der Waals surface area contributed by atoms with Crippen molar-refractivity contribution in [3.8, 4) is 11.5 Å². The molecule has 0 aliphatic carbocycles. The lowest BCUT2D eigenvalue weighted by Crippen LogP contribution is -2.30. The predicted octanol–water partition coefficient (Wildman–Crippen LogP) is 3.99. The zero-order valence-electron chi connectivity index (χ0n) is 14.4. The Hall–Kier alpha value is -2.49. The molecule has 0 radical (unpaired) electrons. The van der Waals surface area contributed by atoms with Gasteiger partial charge < -0.3 is 14.4 Å². The van der Waals surface area contributed by atoms with E-state index >= 15 is 0 Å². The summed E-state index contributed by atoms with van der Waals surface area (Å²) in [6.07, 6.45) is 1.98. The molecule has 1 aliphatic rings. The Morgan fingerprint density at radius 3 is 2.58 bits per heavy atom. The molecule has 24 heavy (non-hydrogen) atoms. The fraction of sp³-hybridized carbons (Fsp3) is 0.350. The van der Waals surface area contributed by atoms with E-state index < -0.39 is 0 Å².